The smallest absolute Gasteiger partial charge is 0.235 e. The third-order valence-corrected chi connectivity index (χ3v) is 6.07. The number of anilines is 1. The summed E-state index contributed by atoms with van der Waals surface area (Å²) < 4.78 is 16.4. The van der Waals surface area contributed by atoms with E-state index in [0.29, 0.717) is 12.3 Å². The molecule has 0 saturated heterocycles. The van der Waals surface area contributed by atoms with Gasteiger partial charge >= 0.3 is 0 Å². The quantitative estimate of drug-likeness (QED) is 0.617. The Bertz CT molecular complexity index is 1140. The van der Waals surface area contributed by atoms with Gasteiger partial charge in [-0.1, -0.05) is 30.3 Å². The maximum atomic E-state index is 13.3. The molecule has 1 saturated carbocycles. The lowest BCUT2D eigenvalue weighted by Crippen LogP contribution is -2.27. The van der Waals surface area contributed by atoms with Gasteiger partial charge in [0.1, 0.15) is 5.75 Å². The minimum Gasteiger partial charge on any atom is -0.496 e. The Hall–Kier alpha value is -3.51. The summed E-state index contributed by atoms with van der Waals surface area (Å²) in [4.78, 5) is 13.3. The molecule has 1 amide bonds. The average Bonchev–Trinajstić information content (AvgIpc) is 3.50. The van der Waals surface area contributed by atoms with Crippen molar-refractivity contribution >= 4 is 11.6 Å². The minimum atomic E-state index is -0.524. The first-order valence-electron chi connectivity index (χ1n) is 10.3. The zero-order chi connectivity index (χ0) is 21.4. The highest BCUT2D eigenvalue weighted by Gasteiger charge is 2.51. The van der Waals surface area contributed by atoms with Gasteiger partial charge in [-0.3, -0.25) is 4.79 Å². The van der Waals surface area contributed by atoms with E-state index < -0.39 is 5.41 Å². The van der Waals surface area contributed by atoms with Crippen LogP contribution < -0.4 is 25.3 Å². The third kappa shape index (κ3) is 3.49. The summed E-state index contributed by atoms with van der Waals surface area (Å²) in [6.45, 7) is 0.717. The van der Waals surface area contributed by atoms with E-state index in [1.54, 1.807) is 7.11 Å². The minimum absolute atomic E-state index is 0. The molecule has 0 spiro atoms. The number of carbonyl (C=O) groups excluding carboxylic acids is 1. The van der Waals surface area contributed by atoms with E-state index in [1.165, 1.54) is 0 Å². The first kappa shape index (κ1) is 19.5. The average molecular weight is 418 g/mol. The van der Waals surface area contributed by atoms with Crippen LogP contribution in [0.2, 0.25) is 0 Å². The number of carbonyl (C=O) groups is 1. The molecule has 1 heterocycles. The van der Waals surface area contributed by atoms with Crippen LogP contribution in [0.1, 0.15) is 25.4 Å². The Labute approximate surface area is 182 Å². The summed E-state index contributed by atoms with van der Waals surface area (Å²) in [5.74, 6) is 2.15. The van der Waals surface area contributed by atoms with Gasteiger partial charge in [-0.2, -0.15) is 0 Å². The number of nitrogens with one attached hydrogen (secondary N) is 1. The molecule has 6 nitrogen and oxygen atoms in total. The van der Waals surface area contributed by atoms with E-state index in [-0.39, 0.29) is 14.1 Å². The highest BCUT2D eigenvalue weighted by atomic mass is 16.7. The van der Waals surface area contributed by atoms with Crippen LogP contribution in [0.15, 0.2) is 60.7 Å². The van der Waals surface area contributed by atoms with Gasteiger partial charge < -0.3 is 25.3 Å². The Morgan fingerprint density at radius 1 is 1.06 bits per heavy atom. The van der Waals surface area contributed by atoms with Crippen molar-refractivity contribution in [1.29, 1.82) is 0 Å². The molecule has 160 valence electrons. The summed E-state index contributed by atoms with van der Waals surface area (Å²) in [7, 11) is 1.64. The number of rotatable bonds is 6. The van der Waals surface area contributed by atoms with Crippen LogP contribution in [0, 0.1) is 0 Å². The topological polar surface area (TPSA) is 82.8 Å². The fourth-order valence-corrected chi connectivity index (χ4v) is 4.05. The van der Waals surface area contributed by atoms with Gasteiger partial charge in [-0.25, -0.2) is 0 Å². The molecule has 1 aliphatic heterocycles. The molecule has 31 heavy (non-hydrogen) atoms. The van der Waals surface area contributed by atoms with Gasteiger partial charge in [0.15, 0.2) is 11.5 Å². The number of nitrogens with two attached hydrogens (primary N) is 1. The van der Waals surface area contributed by atoms with Crippen molar-refractivity contribution in [2.45, 2.75) is 24.8 Å². The zero-order valence-corrected chi connectivity index (χ0v) is 17.3. The lowest BCUT2D eigenvalue weighted by molar-refractivity contribution is -0.118. The van der Waals surface area contributed by atoms with Crippen LogP contribution >= 0.6 is 0 Å². The molecule has 5 rings (SSSR count). The van der Waals surface area contributed by atoms with Crippen LogP contribution in [0.4, 0.5) is 5.69 Å². The van der Waals surface area contributed by atoms with Crippen LogP contribution in [-0.2, 0) is 16.8 Å². The second-order valence-electron chi connectivity index (χ2n) is 7.92. The van der Waals surface area contributed by atoms with Crippen molar-refractivity contribution in [2.75, 3.05) is 19.2 Å². The molecule has 0 bridgehead atoms. The maximum Gasteiger partial charge on any atom is 0.235 e. The lowest BCUT2D eigenvalue weighted by atomic mass is 9.94. The first-order chi connectivity index (χ1) is 15.1. The molecule has 0 radical (unpaired) electrons. The number of ether oxygens (including phenoxy) is 3. The largest absolute Gasteiger partial charge is 0.496 e. The molecule has 3 N–H and O–H groups in total. The highest BCUT2D eigenvalue weighted by Crippen LogP contribution is 2.51. The van der Waals surface area contributed by atoms with Gasteiger partial charge in [0.05, 0.1) is 12.5 Å². The lowest BCUT2D eigenvalue weighted by Gasteiger charge is -2.18. The summed E-state index contributed by atoms with van der Waals surface area (Å²) >= 11 is 0. The molecule has 0 unspecified atom stereocenters. The Morgan fingerprint density at radius 3 is 2.55 bits per heavy atom. The summed E-state index contributed by atoms with van der Waals surface area (Å²) in [5.41, 5.74) is 9.86. The Balaban J connectivity index is 0.00000245. The fraction of sp³-hybridized carbons (Fsp3) is 0.240. The van der Waals surface area contributed by atoms with Gasteiger partial charge in [0, 0.05) is 19.2 Å². The van der Waals surface area contributed by atoms with Crippen molar-refractivity contribution in [3.63, 3.8) is 0 Å². The first-order valence-corrected chi connectivity index (χ1v) is 10.3. The predicted molar refractivity (Wildman–Crippen MR) is 121 cm³/mol. The van der Waals surface area contributed by atoms with E-state index in [1.807, 2.05) is 60.7 Å². The molecule has 6 heteroatoms. The molecule has 3 aromatic rings. The molecular formula is C25H26N2O4. The molecule has 0 aromatic heterocycles. The van der Waals surface area contributed by atoms with Gasteiger partial charge in [0.25, 0.3) is 0 Å². The fourth-order valence-electron chi connectivity index (χ4n) is 4.05. The second kappa shape index (κ2) is 7.63. The second-order valence-corrected chi connectivity index (χ2v) is 7.92. The molecule has 0 atom stereocenters. The van der Waals surface area contributed by atoms with E-state index in [0.717, 1.165) is 52.3 Å². The van der Waals surface area contributed by atoms with Crippen molar-refractivity contribution in [1.82, 2.24) is 0 Å². The maximum absolute atomic E-state index is 13.3. The van der Waals surface area contributed by atoms with E-state index >= 15 is 0 Å². The van der Waals surface area contributed by atoms with Crippen molar-refractivity contribution in [3.05, 3.63) is 71.8 Å². The number of amides is 1. The molecular weight excluding hydrogens is 392 g/mol. The standard InChI is InChI=1S/C25H24N2O4.H2/c1-29-21-9-7-19(13-20(21)17-4-2-16(14-26)3-5-17)27-24(28)25(10-11-25)18-6-8-22-23(12-18)31-15-30-22;/h2-9,12-13H,10-11,14-15,26H2,1H3,(H,27,28);1H. The monoisotopic (exact) mass is 418 g/mol. The third-order valence-electron chi connectivity index (χ3n) is 6.07. The van der Waals surface area contributed by atoms with E-state index in [2.05, 4.69) is 5.32 Å². The van der Waals surface area contributed by atoms with Crippen LogP contribution in [-0.4, -0.2) is 19.8 Å². The predicted octanol–water partition coefficient (Wildman–Crippen LogP) is 4.47. The summed E-state index contributed by atoms with van der Waals surface area (Å²) in [6, 6.07) is 19.5. The Kier molecular flexibility index (Phi) is 4.79. The SMILES string of the molecule is COc1ccc(NC(=O)C2(c3ccc4c(c3)OCO4)CC2)cc1-c1ccc(CN)cc1.[HH]. The molecule has 2 aliphatic rings. The van der Waals surface area contributed by atoms with E-state index in [4.69, 9.17) is 19.9 Å². The highest BCUT2D eigenvalue weighted by molar-refractivity contribution is 6.02. The molecule has 1 aliphatic carbocycles. The van der Waals surface area contributed by atoms with Crippen LogP contribution in [0.5, 0.6) is 17.2 Å². The number of hydrogen-bond donors (Lipinski definition) is 2. The summed E-state index contributed by atoms with van der Waals surface area (Å²) in [5, 5.41) is 3.11. The van der Waals surface area contributed by atoms with Crippen LogP contribution in [0.3, 0.4) is 0 Å². The normalized spacial score (nSPS) is 15.4. The summed E-state index contributed by atoms with van der Waals surface area (Å²) in [6.07, 6.45) is 1.62. The van der Waals surface area contributed by atoms with Gasteiger partial charge in [0.2, 0.25) is 12.7 Å². The Morgan fingerprint density at radius 2 is 1.84 bits per heavy atom. The van der Waals surface area contributed by atoms with Crippen LogP contribution in [0.25, 0.3) is 11.1 Å². The van der Waals surface area contributed by atoms with Gasteiger partial charge in [-0.05, 0) is 59.9 Å². The van der Waals surface area contributed by atoms with Gasteiger partial charge in [-0.15, -0.1) is 0 Å². The van der Waals surface area contributed by atoms with Crippen molar-refractivity contribution in [2.24, 2.45) is 5.73 Å². The van der Waals surface area contributed by atoms with E-state index in [9.17, 15) is 4.79 Å². The van der Waals surface area contributed by atoms with Crippen molar-refractivity contribution in [3.8, 4) is 28.4 Å². The number of methoxy groups -OCH3 is 1. The number of hydrogen-bond acceptors (Lipinski definition) is 5. The van der Waals surface area contributed by atoms with Crippen molar-refractivity contribution < 1.29 is 20.4 Å². The number of benzene rings is 3. The molecule has 3 aromatic carbocycles. The zero-order valence-electron chi connectivity index (χ0n) is 17.3. The number of fused-ring (bicyclic) bond motifs is 1. The molecule has 1 fully saturated rings.